The second-order valence-corrected chi connectivity index (χ2v) is 6.75. The smallest absolute Gasteiger partial charge is 0.236 e. The fraction of sp³-hybridized carbons (Fsp3) is 0.0769. The van der Waals surface area contributed by atoms with Crippen LogP contribution in [0, 0.1) is 0 Å². The van der Waals surface area contributed by atoms with Gasteiger partial charge in [-0.15, -0.1) is 32.9 Å². The molecule has 0 radical (unpaired) electrons. The maximum Gasteiger partial charge on any atom is 0.236 e. The Morgan fingerprint density at radius 3 is 2.81 bits per heavy atom. The number of nitrogens with zero attached hydrogens (tertiary/aromatic N) is 3. The summed E-state index contributed by atoms with van der Waals surface area (Å²) in [6.45, 7) is 0. The van der Waals surface area contributed by atoms with E-state index in [1.807, 2.05) is 35.0 Å². The van der Waals surface area contributed by atoms with E-state index in [0.717, 1.165) is 15.6 Å². The van der Waals surface area contributed by atoms with Crippen LogP contribution < -0.4 is 5.32 Å². The van der Waals surface area contributed by atoms with Crippen molar-refractivity contribution in [3.63, 3.8) is 0 Å². The fourth-order valence-electron chi connectivity index (χ4n) is 1.53. The number of anilines is 1. The molecular formula is C13H10N4OS3. The lowest BCUT2D eigenvalue weighted by molar-refractivity contribution is -0.113. The van der Waals surface area contributed by atoms with Crippen molar-refractivity contribution in [2.24, 2.45) is 0 Å². The molecule has 5 nitrogen and oxygen atoms in total. The van der Waals surface area contributed by atoms with Gasteiger partial charge in [0.15, 0.2) is 5.13 Å². The number of hydrogen-bond acceptors (Lipinski definition) is 7. The van der Waals surface area contributed by atoms with Crippen LogP contribution >= 0.6 is 34.4 Å². The highest BCUT2D eigenvalue weighted by molar-refractivity contribution is 7.99. The Morgan fingerprint density at radius 1 is 1.19 bits per heavy atom. The largest absolute Gasteiger partial charge is 0.301 e. The Kier molecular flexibility index (Phi) is 4.59. The first-order valence-corrected chi connectivity index (χ1v) is 8.75. The summed E-state index contributed by atoms with van der Waals surface area (Å²) in [4.78, 5) is 16.8. The van der Waals surface area contributed by atoms with E-state index in [1.54, 1.807) is 17.5 Å². The van der Waals surface area contributed by atoms with E-state index >= 15 is 0 Å². The molecular weight excluding hydrogens is 324 g/mol. The van der Waals surface area contributed by atoms with Crippen molar-refractivity contribution in [1.29, 1.82) is 0 Å². The number of hydrogen-bond donors (Lipinski definition) is 1. The van der Waals surface area contributed by atoms with Crippen LogP contribution in [0.2, 0.25) is 0 Å². The van der Waals surface area contributed by atoms with Crippen molar-refractivity contribution in [3.8, 4) is 10.6 Å². The van der Waals surface area contributed by atoms with Gasteiger partial charge in [0.05, 0.1) is 10.6 Å². The quantitative estimate of drug-likeness (QED) is 0.724. The molecule has 0 bridgehead atoms. The van der Waals surface area contributed by atoms with Gasteiger partial charge >= 0.3 is 0 Å². The van der Waals surface area contributed by atoms with Gasteiger partial charge in [-0.1, -0.05) is 17.8 Å². The first kappa shape index (κ1) is 14.2. The first-order valence-electron chi connectivity index (χ1n) is 6.01. The molecule has 0 saturated carbocycles. The van der Waals surface area contributed by atoms with Crippen LogP contribution in [0.4, 0.5) is 5.13 Å². The molecule has 0 aromatic carbocycles. The number of aromatic nitrogens is 3. The first-order chi connectivity index (χ1) is 10.3. The van der Waals surface area contributed by atoms with Gasteiger partial charge in [0, 0.05) is 11.6 Å². The third-order valence-corrected chi connectivity index (χ3v) is 4.94. The third-order valence-electron chi connectivity index (χ3n) is 2.44. The van der Waals surface area contributed by atoms with Crippen LogP contribution in [0.5, 0.6) is 0 Å². The van der Waals surface area contributed by atoms with Crippen LogP contribution in [-0.2, 0) is 4.79 Å². The maximum absolute atomic E-state index is 11.7. The zero-order valence-corrected chi connectivity index (χ0v) is 13.2. The Bertz CT molecular complexity index is 696. The molecule has 21 heavy (non-hydrogen) atoms. The van der Waals surface area contributed by atoms with E-state index in [2.05, 4.69) is 20.5 Å². The summed E-state index contributed by atoms with van der Waals surface area (Å²) in [6.07, 6.45) is 1.65. The molecule has 1 amide bonds. The monoisotopic (exact) mass is 334 g/mol. The number of thioether (sulfide) groups is 1. The zero-order valence-electron chi connectivity index (χ0n) is 10.7. The summed E-state index contributed by atoms with van der Waals surface area (Å²) in [5.74, 6) is 0.186. The number of carbonyl (C=O) groups excluding carboxylic acids is 1. The zero-order chi connectivity index (χ0) is 14.5. The van der Waals surface area contributed by atoms with Gasteiger partial charge in [0.1, 0.15) is 10.7 Å². The highest BCUT2D eigenvalue weighted by Crippen LogP contribution is 2.23. The second kappa shape index (κ2) is 6.79. The Morgan fingerprint density at radius 2 is 2.14 bits per heavy atom. The normalized spacial score (nSPS) is 10.5. The van der Waals surface area contributed by atoms with Crippen molar-refractivity contribution in [2.75, 3.05) is 11.1 Å². The topological polar surface area (TPSA) is 67.8 Å². The Labute approximate surface area is 133 Å². The molecule has 1 N–H and O–H groups in total. The van der Waals surface area contributed by atoms with Crippen molar-refractivity contribution >= 4 is 45.5 Å². The maximum atomic E-state index is 11.7. The molecule has 0 saturated heterocycles. The van der Waals surface area contributed by atoms with Gasteiger partial charge in [-0.2, -0.15) is 0 Å². The lowest BCUT2D eigenvalue weighted by atomic mass is 10.3. The number of nitrogens with one attached hydrogen (secondary N) is 1. The minimum Gasteiger partial charge on any atom is -0.301 e. The van der Waals surface area contributed by atoms with E-state index in [4.69, 9.17) is 0 Å². The molecule has 8 heteroatoms. The number of carbonyl (C=O) groups is 1. The SMILES string of the molecule is O=C(CSc1ccc(-c2cccs2)nn1)Nc1nccs1. The van der Waals surface area contributed by atoms with Crippen LogP contribution in [0.25, 0.3) is 10.6 Å². The van der Waals surface area contributed by atoms with Crippen LogP contribution in [-0.4, -0.2) is 26.8 Å². The number of thiophene rings is 1. The Balaban J connectivity index is 1.55. The summed E-state index contributed by atoms with van der Waals surface area (Å²) in [5.41, 5.74) is 0.849. The Hall–Kier alpha value is -1.77. The summed E-state index contributed by atoms with van der Waals surface area (Å²) in [6, 6.07) is 7.78. The van der Waals surface area contributed by atoms with E-state index in [1.165, 1.54) is 23.1 Å². The highest BCUT2D eigenvalue weighted by atomic mass is 32.2. The molecule has 3 rings (SSSR count). The minimum absolute atomic E-state index is 0.0981. The van der Waals surface area contributed by atoms with Crippen LogP contribution in [0.15, 0.2) is 46.2 Å². The van der Waals surface area contributed by atoms with E-state index in [0.29, 0.717) is 5.13 Å². The molecule has 0 aliphatic rings. The van der Waals surface area contributed by atoms with Gasteiger partial charge in [-0.25, -0.2) is 4.98 Å². The molecule has 0 spiro atoms. The fourth-order valence-corrected chi connectivity index (χ4v) is 3.38. The average molecular weight is 334 g/mol. The van der Waals surface area contributed by atoms with Gasteiger partial charge in [-0.3, -0.25) is 4.79 Å². The number of thiazole rings is 1. The summed E-state index contributed by atoms with van der Waals surface area (Å²) in [7, 11) is 0. The van der Waals surface area contributed by atoms with Crippen molar-refractivity contribution in [3.05, 3.63) is 41.2 Å². The van der Waals surface area contributed by atoms with Crippen molar-refractivity contribution in [1.82, 2.24) is 15.2 Å². The molecule has 0 aliphatic heterocycles. The molecule has 0 atom stereocenters. The predicted molar refractivity (Wildman–Crippen MR) is 86.8 cm³/mol. The van der Waals surface area contributed by atoms with Gasteiger partial charge < -0.3 is 5.32 Å². The average Bonchev–Trinajstić information content (AvgIpc) is 3.19. The van der Waals surface area contributed by atoms with Crippen LogP contribution in [0.1, 0.15) is 0 Å². The highest BCUT2D eigenvalue weighted by Gasteiger charge is 2.07. The molecule has 3 aromatic rings. The van der Waals surface area contributed by atoms with Gasteiger partial charge in [0.2, 0.25) is 5.91 Å². The molecule has 0 fully saturated rings. The van der Waals surface area contributed by atoms with Gasteiger partial charge in [0.25, 0.3) is 0 Å². The van der Waals surface area contributed by atoms with Crippen LogP contribution in [0.3, 0.4) is 0 Å². The standard InChI is InChI=1S/C13H10N4OS3/c18-11(15-13-14-5-7-20-13)8-21-12-4-3-9(16-17-12)10-2-1-6-19-10/h1-7H,8H2,(H,14,15,18). The molecule has 0 unspecified atom stereocenters. The van der Waals surface area contributed by atoms with E-state index in [9.17, 15) is 4.79 Å². The van der Waals surface area contributed by atoms with Gasteiger partial charge in [-0.05, 0) is 23.6 Å². The number of amides is 1. The summed E-state index contributed by atoms with van der Waals surface area (Å²) in [5, 5.41) is 16.2. The summed E-state index contributed by atoms with van der Waals surface area (Å²) < 4.78 is 0. The second-order valence-electron chi connectivity index (χ2n) is 3.91. The molecule has 3 heterocycles. The lowest BCUT2D eigenvalue weighted by Gasteiger charge is -2.02. The lowest BCUT2D eigenvalue weighted by Crippen LogP contribution is -2.13. The van der Waals surface area contributed by atoms with E-state index < -0.39 is 0 Å². The van der Waals surface area contributed by atoms with E-state index in [-0.39, 0.29) is 11.7 Å². The summed E-state index contributed by atoms with van der Waals surface area (Å²) >= 11 is 4.37. The van der Waals surface area contributed by atoms with Crippen molar-refractivity contribution in [2.45, 2.75) is 5.03 Å². The predicted octanol–water partition coefficient (Wildman–Crippen LogP) is 3.39. The minimum atomic E-state index is -0.0981. The molecule has 106 valence electrons. The van der Waals surface area contributed by atoms with Crippen molar-refractivity contribution < 1.29 is 4.79 Å². The number of rotatable bonds is 5. The molecule has 3 aromatic heterocycles. The third kappa shape index (κ3) is 3.87. The molecule has 0 aliphatic carbocycles.